The summed E-state index contributed by atoms with van der Waals surface area (Å²) in [5.74, 6) is -0.499. The molecule has 80 valence electrons. The number of aldehydes is 1. The molecule has 1 heterocycles. The molecule has 0 spiro atoms. The second-order valence-electron chi connectivity index (χ2n) is 3.49. The van der Waals surface area contributed by atoms with Gasteiger partial charge in [0.05, 0.1) is 0 Å². The largest absolute Gasteiger partial charge is 0.370 e. The molecule has 0 saturated heterocycles. The van der Waals surface area contributed by atoms with Crippen molar-refractivity contribution in [2.45, 2.75) is 6.54 Å². The van der Waals surface area contributed by atoms with Gasteiger partial charge in [0.15, 0.2) is 19.0 Å². The minimum absolute atomic E-state index is 0.0819. The zero-order valence-electron chi connectivity index (χ0n) is 8.64. The van der Waals surface area contributed by atoms with Crippen molar-refractivity contribution in [1.82, 2.24) is 0 Å². The van der Waals surface area contributed by atoms with Gasteiger partial charge in [0, 0.05) is 11.6 Å². The molecule has 0 bridgehead atoms. The second kappa shape index (κ2) is 4.66. The van der Waals surface area contributed by atoms with Crippen LogP contribution in [0.3, 0.4) is 0 Å². The van der Waals surface area contributed by atoms with Crippen molar-refractivity contribution in [3.8, 4) is 0 Å². The van der Waals surface area contributed by atoms with Gasteiger partial charge in [-0.2, -0.15) is 4.57 Å². The van der Waals surface area contributed by atoms with Crippen LogP contribution in [0.4, 0.5) is 4.39 Å². The maximum absolute atomic E-state index is 13.7. The number of pyridine rings is 1. The van der Waals surface area contributed by atoms with Crippen molar-refractivity contribution in [1.29, 1.82) is 0 Å². The lowest BCUT2D eigenvalue weighted by Gasteiger charge is -1.99. The van der Waals surface area contributed by atoms with Gasteiger partial charge < -0.3 is 0 Å². The van der Waals surface area contributed by atoms with Crippen LogP contribution in [-0.4, -0.2) is 6.29 Å². The average Bonchev–Trinajstić information content (AvgIpc) is 2.33. The van der Waals surface area contributed by atoms with Crippen molar-refractivity contribution >= 4 is 6.29 Å². The number of aromatic nitrogens is 1. The number of benzene rings is 1. The Kier molecular flexibility index (Phi) is 3.05. The summed E-state index contributed by atoms with van der Waals surface area (Å²) < 4.78 is 15.1. The number of nitrogens with zero attached hydrogens (tertiary/aromatic N) is 1. The van der Waals surface area contributed by atoms with Gasteiger partial charge in [-0.15, -0.1) is 4.39 Å². The van der Waals surface area contributed by atoms with Crippen LogP contribution in [0.15, 0.2) is 48.7 Å². The Morgan fingerprint density at radius 3 is 2.56 bits per heavy atom. The Labute approximate surface area is 93.0 Å². The minimum Gasteiger partial charge on any atom is -0.298 e. The van der Waals surface area contributed by atoms with Crippen LogP contribution in [0, 0.1) is 5.95 Å². The van der Waals surface area contributed by atoms with E-state index in [1.165, 1.54) is 10.6 Å². The summed E-state index contributed by atoms with van der Waals surface area (Å²) in [4.78, 5) is 10.6. The van der Waals surface area contributed by atoms with E-state index >= 15 is 0 Å². The van der Waals surface area contributed by atoms with E-state index in [1.54, 1.807) is 12.3 Å². The summed E-state index contributed by atoms with van der Waals surface area (Å²) in [5.41, 5.74) is 1.08. The van der Waals surface area contributed by atoms with Crippen LogP contribution in [0.2, 0.25) is 0 Å². The van der Waals surface area contributed by atoms with Gasteiger partial charge in [-0.25, -0.2) is 0 Å². The Morgan fingerprint density at radius 2 is 1.88 bits per heavy atom. The highest BCUT2D eigenvalue weighted by atomic mass is 19.1. The first-order chi connectivity index (χ1) is 7.81. The first kappa shape index (κ1) is 10.5. The summed E-state index contributed by atoms with van der Waals surface area (Å²) in [6.45, 7) is 0.425. The summed E-state index contributed by atoms with van der Waals surface area (Å²) >= 11 is 0. The van der Waals surface area contributed by atoms with Crippen LogP contribution in [-0.2, 0) is 6.54 Å². The highest BCUT2D eigenvalue weighted by Gasteiger charge is 2.14. The first-order valence-electron chi connectivity index (χ1n) is 4.98. The predicted molar refractivity (Wildman–Crippen MR) is 57.5 cm³/mol. The van der Waals surface area contributed by atoms with Gasteiger partial charge in [0.2, 0.25) is 0 Å². The third kappa shape index (κ3) is 2.14. The molecule has 3 heteroatoms. The Balaban J connectivity index is 2.32. The van der Waals surface area contributed by atoms with Crippen molar-refractivity contribution < 1.29 is 13.8 Å². The van der Waals surface area contributed by atoms with Gasteiger partial charge in [0.25, 0.3) is 0 Å². The maximum atomic E-state index is 13.7. The Bertz CT molecular complexity index is 497. The van der Waals surface area contributed by atoms with Gasteiger partial charge in [-0.05, 0) is 6.07 Å². The number of carbonyl (C=O) groups excluding carboxylic acids is 1. The molecule has 0 saturated carbocycles. The van der Waals surface area contributed by atoms with Gasteiger partial charge in [0.1, 0.15) is 5.56 Å². The van der Waals surface area contributed by atoms with Crippen LogP contribution >= 0.6 is 0 Å². The molecule has 0 atom stereocenters. The van der Waals surface area contributed by atoms with E-state index < -0.39 is 5.95 Å². The van der Waals surface area contributed by atoms with Crippen LogP contribution < -0.4 is 4.57 Å². The second-order valence-corrected chi connectivity index (χ2v) is 3.49. The van der Waals surface area contributed by atoms with Gasteiger partial charge >= 0.3 is 5.95 Å². The van der Waals surface area contributed by atoms with E-state index in [4.69, 9.17) is 0 Å². The molecular formula is C13H11FNO+. The fraction of sp³-hybridized carbons (Fsp3) is 0.0769. The molecule has 2 rings (SSSR count). The lowest BCUT2D eigenvalue weighted by molar-refractivity contribution is -0.716. The van der Waals surface area contributed by atoms with Crippen molar-refractivity contribution in [3.05, 3.63) is 65.7 Å². The van der Waals surface area contributed by atoms with E-state index in [-0.39, 0.29) is 5.56 Å². The quantitative estimate of drug-likeness (QED) is 0.436. The molecule has 1 aromatic carbocycles. The fourth-order valence-electron chi connectivity index (χ4n) is 1.54. The standard InChI is InChI=1S/C13H11FNO/c14-13-12(10-16)7-4-8-15(13)9-11-5-2-1-3-6-11/h1-8,10H,9H2/q+1. The highest BCUT2D eigenvalue weighted by Crippen LogP contribution is 2.01. The normalized spacial score (nSPS) is 10.1. The van der Waals surface area contributed by atoms with E-state index in [0.717, 1.165) is 5.56 Å². The number of halogens is 1. The molecule has 0 amide bonds. The van der Waals surface area contributed by atoms with E-state index in [9.17, 15) is 9.18 Å². The number of hydrogen-bond donors (Lipinski definition) is 0. The molecule has 1 aromatic heterocycles. The van der Waals surface area contributed by atoms with Gasteiger partial charge in [-0.3, -0.25) is 4.79 Å². The number of hydrogen-bond acceptors (Lipinski definition) is 1. The zero-order valence-corrected chi connectivity index (χ0v) is 8.64. The van der Waals surface area contributed by atoms with E-state index in [2.05, 4.69) is 0 Å². The topological polar surface area (TPSA) is 20.9 Å². The van der Waals surface area contributed by atoms with Crippen molar-refractivity contribution in [2.24, 2.45) is 0 Å². The summed E-state index contributed by atoms with van der Waals surface area (Å²) in [5, 5.41) is 0. The number of carbonyl (C=O) groups is 1. The molecule has 2 nitrogen and oxygen atoms in total. The molecule has 2 aromatic rings. The first-order valence-corrected chi connectivity index (χ1v) is 4.98. The Morgan fingerprint density at radius 1 is 1.12 bits per heavy atom. The summed E-state index contributed by atoms with van der Waals surface area (Å²) in [7, 11) is 0. The smallest absolute Gasteiger partial charge is 0.298 e. The molecule has 0 aliphatic rings. The SMILES string of the molecule is O=Cc1ccc[n+](Cc2ccccc2)c1F. The molecule has 0 unspecified atom stereocenters. The van der Waals surface area contributed by atoms with Crippen molar-refractivity contribution in [2.75, 3.05) is 0 Å². The van der Waals surface area contributed by atoms with Crippen LogP contribution in [0.1, 0.15) is 15.9 Å². The van der Waals surface area contributed by atoms with Crippen LogP contribution in [0.25, 0.3) is 0 Å². The molecular weight excluding hydrogens is 205 g/mol. The molecule has 0 N–H and O–H groups in total. The van der Waals surface area contributed by atoms with Gasteiger partial charge in [-0.1, -0.05) is 30.3 Å². The Hall–Kier alpha value is -2.03. The monoisotopic (exact) mass is 216 g/mol. The summed E-state index contributed by atoms with van der Waals surface area (Å²) in [6, 6.07) is 12.7. The lowest BCUT2D eigenvalue weighted by Crippen LogP contribution is -2.39. The molecule has 0 aliphatic carbocycles. The fourth-order valence-corrected chi connectivity index (χ4v) is 1.54. The zero-order chi connectivity index (χ0) is 11.4. The highest BCUT2D eigenvalue weighted by molar-refractivity contribution is 5.73. The molecule has 0 radical (unpaired) electrons. The van der Waals surface area contributed by atoms with Crippen molar-refractivity contribution in [3.63, 3.8) is 0 Å². The number of rotatable bonds is 3. The summed E-state index contributed by atoms with van der Waals surface area (Å²) in [6.07, 6.45) is 2.14. The average molecular weight is 216 g/mol. The maximum Gasteiger partial charge on any atom is 0.370 e. The minimum atomic E-state index is -0.499. The van der Waals surface area contributed by atoms with E-state index in [1.807, 2.05) is 30.3 Å². The van der Waals surface area contributed by atoms with Crippen LogP contribution in [0.5, 0.6) is 0 Å². The third-order valence-corrected chi connectivity index (χ3v) is 2.35. The molecule has 0 fully saturated rings. The lowest BCUT2D eigenvalue weighted by atomic mass is 10.2. The molecule has 16 heavy (non-hydrogen) atoms. The predicted octanol–water partition coefficient (Wildman–Crippen LogP) is 1.97. The molecule has 0 aliphatic heterocycles. The van der Waals surface area contributed by atoms with E-state index in [0.29, 0.717) is 12.8 Å². The third-order valence-electron chi connectivity index (χ3n) is 2.35.